The first kappa shape index (κ1) is 6.13. The molecule has 3 heteroatoms. The van der Waals surface area contributed by atoms with Crippen molar-refractivity contribution in [3.8, 4) is 0 Å². The Kier molecular flexibility index (Phi) is 1.51. The molecule has 2 unspecified atom stereocenters. The van der Waals surface area contributed by atoms with Gasteiger partial charge in [-0.15, -0.1) is 0 Å². The van der Waals surface area contributed by atoms with Gasteiger partial charge in [-0.25, -0.2) is 9.78 Å². The third-order valence-corrected chi connectivity index (χ3v) is 3.17. The number of fused-ring (bicyclic) bond motifs is 2. The van der Waals surface area contributed by atoms with E-state index in [4.69, 9.17) is 9.78 Å². The molecule has 0 aromatic rings. The van der Waals surface area contributed by atoms with E-state index < -0.39 is 0 Å². The average Bonchev–Trinajstić information content (AvgIpc) is 2.19. The van der Waals surface area contributed by atoms with Gasteiger partial charge in [0.15, 0.2) is 0 Å². The number of alkyl halides is 1. The monoisotopic (exact) mass is 192 g/mol. The van der Waals surface area contributed by atoms with Crippen molar-refractivity contribution in [2.45, 2.75) is 36.3 Å². The lowest BCUT2D eigenvalue weighted by Gasteiger charge is -2.18. The van der Waals surface area contributed by atoms with E-state index in [1.165, 1.54) is 6.42 Å². The van der Waals surface area contributed by atoms with Crippen LogP contribution in [-0.4, -0.2) is 17.0 Å². The first-order valence-electron chi connectivity index (χ1n) is 3.34. The van der Waals surface area contributed by atoms with Crippen molar-refractivity contribution >= 4 is 15.9 Å². The van der Waals surface area contributed by atoms with Gasteiger partial charge in [0.05, 0.1) is 4.83 Å². The molecule has 1 saturated carbocycles. The van der Waals surface area contributed by atoms with E-state index in [2.05, 4.69) is 15.9 Å². The van der Waals surface area contributed by atoms with Crippen LogP contribution in [0.2, 0.25) is 0 Å². The first-order chi connectivity index (χ1) is 4.38. The third kappa shape index (κ3) is 0.914. The van der Waals surface area contributed by atoms with Gasteiger partial charge >= 0.3 is 0 Å². The molecule has 0 amide bonds. The summed E-state index contributed by atoms with van der Waals surface area (Å²) in [5.41, 5.74) is 0. The van der Waals surface area contributed by atoms with Crippen LogP contribution in [-0.2, 0) is 9.78 Å². The fourth-order valence-electron chi connectivity index (χ4n) is 1.42. The predicted molar refractivity (Wildman–Crippen MR) is 36.3 cm³/mol. The second-order valence-electron chi connectivity index (χ2n) is 2.64. The highest BCUT2D eigenvalue weighted by molar-refractivity contribution is 9.09. The lowest BCUT2D eigenvalue weighted by atomic mass is 9.96. The first-order valence-corrected chi connectivity index (χ1v) is 4.26. The summed E-state index contributed by atoms with van der Waals surface area (Å²) in [4.78, 5) is 10.5. The molecule has 1 heterocycles. The smallest absolute Gasteiger partial charge is 0.108 e. The van der Waals surface area contributed by atoms with Crippen LogP contribution in [0, 0.1) is 0 Å². The minimum absolute atomic E-state index is 0.323. The Labute approximate surface area is 62.6 Å². The Morgan fingerprint density at radius 2 is 1.67 bits per heavy atom. The SMILES string of the molecule is BrC1C2CCCC1OO2. The summed E-state index contributed by atoms with van der Waals surface area (Å²) in [7, 11) is 0. The van der Waals surface area contributed by atoms with Gasteiger partial charge in [0, 0.05) is 0 Å². The summed E-state index contributed by atoms with van der Waals surface area (Å²) in [5.74, 6) is 0. The molecule has 2 bridgehead atoms. The maximum absolute atomic E-state index is 5.04. The van der Waals surface area contributed by atoms with Crippen molar-refractivity contribution in [2.75, 3.05) is 0 Å². The predicted octanol–water partition coefficient (Wildman–Crippen LogP) is 1.63. The van der Waals surface area contributed by atoms with E-state index in [-0.39, 0.29) is 0 Å². The lowest BCUT2D eigenvalue weighted by molar-refractivity contribution is -0.290. The molecular formula is C6H9BrO2. The van der Waals surface area contributed by atoms with Crippen LogP contribution in [0.4, 0.5) is 0 Å². The van der Waals surface area contributed by atoms with E-state index in [0.717, 1.165) is 12.8 Å². The maximum Gasteiger partial charge on any atom is 0.108 e. The molecule has 52 valence electrons. The minimum atomic E-state index is 0.323. The molecule has 0 spiro atoms. The van der Waals surface area contributed by atoms with Crippen molar-refractivity contribution in [3.05, 3.63) is 0 Å². The minimum Gasteiger partial charge on any atom is -0.232 e. The molecule has 0 aromatic heterocycles. The Bertz CT molecular complexity index is 102. The zero-order chi connectivity index (χ0) is 6.27. The zero-order valence-electron chi connectivity index (χ0n) is 5.05. The number of hydrogen-bond acceptors (Lipinski definition) is 2. The highest BCUT2D eigenvalue weighted by Crippen LogP contribution is 2.35. The second-order valence-corrected chi connectivity index (χ2v) is 3.70. The molecular weight excluding hydrogens is 184 g/mol. The molecule has 1 aliphatic heterocycles. The van der Waals surface area contributed by atoms with E-state index >= 15 is 0 Å². The summed E-state index contributed by atoms with van der Waals surface area (Å²) in [6.45, 7) is 0. The number of halogens is 1. The van der Waals surface area contributed by atoms with Crippen LogP contribution < -0.4 is 0 Å². The maximum atomic E-state index is 5.04. The third-order valence-electron chi connectivity index (χ3n) is 1.99. The standard InChI is InChI=1S/C6H9BrO2/c7-6-4-2-1-3-5(6)9-8-4/h4-6H,1-3H2. The quantitative estimate of drug-likeness (QED) is 0.430. The van der Waals surface area contributed by atoms with Crippen LogP contribution in [0.3, 0.4) is 0 Å². The molecule has 2 fully saturated rings. The topological polar surface area (TPSA) is 18.5 Å². The molecule has 9 heavy (non-hydrogen) atoms. The van der Waals surface area contributed by atoms with Gasteiger partial charge in [-0.2, -0.15) is 0 Å². The van der Waals surface area contributed by atoms with Gasteiger partial charge < -0.3 is 0 Å². The fraction of sp³-hybridized carbons (Fsp3) is 1.00. The number of rotatable bonds is 0. The van der Waals surface area contributed by atoms with E-state index in [0.29, 0.717) is 17.0 Å². The lowest BCUT2D eigenvalue weighted by Crippen LogP contribution is -2.28. The van der Waals surface area contributed by atoms with Crippen molar-refractivity contribution in [1.29, 1.82) is 0 Å². The summed E-state index contributed by atoms with van der Waals surface area (Å²) >= 11 is 3.53. The highest BCUT2D eigenvalue weighted by atomic mass is 79.9. The van der Waals surface area contributed by atoms with Gasteiger partial charge in [0.2, 0.25) is 0 Å². The van der Waals surface area contributed by atoms with Crippen LogP contribution in [0.25, 0.3) is 0 Å². The molecule has 2 aliphatic rings. The van der Waals surface area contributed by atoms with Crippen molar-refractivity contribution in [2.24, 2.45) is 0 Å². The summed E-state index contributed by atoms with van der Waals surface area (Å²) in [5, 5.41) is 0. The molecule has 2 nitrogen and oxygen atoms in total. The van der Waals surface area contributed by atoms with Crippen molar-refractivity contribution in [1.82, 2.24) is 0 Å². The molecule has 2 atom stereocenters. The Balaban J connectivity index is 2.10. The Morgan fingerprint density at radius 3 is 2.11 bits per heavy atom. The van der Waals surface area contributed by atoms with E-state index in [1.54, 1.807) is 0 Å². The zero-order valence-corrected chi connectivity index (χ0v) is 6.63. The average molecular weight is 193 g/mol. The van der Waals surface area contributed by atoms with E-state index in [1.807, 2.05) is 0 Å². The van der Waals surface area contributed by atoms with Gasteiger partial charge in [-0.3, -0.25) is 0 Å². The van der Waals surface area contributed by atoms with Crippen molar-refractivity contribution < 1.29 is 9.78 Å². The van der Waals surface area contributed by atoms with Crippen LogP contribution in [0.15, 0.2) is 0 Å². The molecule has 2 rings (SSSR count). The molecule has 1 aliphatic carbocycles. The number of hydrogen-bond donors (Lipinski definition) is 0. The molecule has 1 saturated heterocycles. The van der Waals surface area contributed by atoms with Crippen LogP contribution >= 0.6 is 15.9 Å². The van der Waals surface area contributed by atoms with Crippen LogP contribution in [0.5, 0.6) is 0 Å². The van der Waals surface area contributed by atoms with E-state index in [9.17, 15) is 0 Å². The van der Waals surface area contributed by atoms with Crippen LogP contribution in [0.1, 0.15) is 19.3 Å². The van der Waals surface area contributed by atoms with Gasteiger partial charge in [0.1, 0.15) is 12.2 Å². The molecule has 0 N–H and O–H groups in total. The van der Waals surface area contributed by atoms with Gasteiger partial charge in [-0.05, 0) is 19.3 Å². The molecule has 0 aromatic carbocycles. The normalized spacial score (nSPS) is 49.7. The summed E-state index contributed by atoms with van der Waals surface area (Å²) in [6.07, 6.45) is 4.18. The summed E-state index contributed by atoms with van der Waals surface area (Å²) < 4.78 is 0. The van der Waals surface area contributed by atoms with Gasteiger partial charge in [-0.1, -0.05) is 15.9 Å². The Morgan fingerprint density at radius 1 is 1.11 bits per heavy atom. The highest BCUT2D eigenvalue weighted by Gasteiger charge is 2.40. The largest absolute Gasteiger partial charge is 0.232 e. The van der Waals surface area contributed by atoms with Gasteiger partial charge in [0.25, 0.3) is 0 Å². The second kappa shape index (κ2) is 2.22. The molecule has 0 radical (unpaired) electrons. The summed E-state index contributed by atoms with van der Waals surface area (Å²) in [6, 6.07) is 0. The Hall–Kier alpha value is 0.400. The van der Waals surface area contributed by atoms with Crippen molar-refractivity contribution in [3.63, 3.8) is 0 Å². The fourth-order valence-corrected chi connectivity index (χ4v) is 2.13.